The van der Waals surface area contributed by atoms with Gasteiger partial charge in [-0.05, 0) is 30.3 Å². The van der Waals surface area contributed by atoms with Crippen LogP contribution in [-0.2, 0) is 10.0 Å². The van der Waals surface area contributed by atoms with E-state index in [1.807, 2.05) is 0 Å². The van der Waals surface area contributed by atoms with Gasteiger partial charge in [0.1, 0.15) is 16.5 Å². The van der Waals surface area contributed by atoms with Crippen molar-refractivity contribution in [2.45, 2.75) is 4.90 Å². The van der Waals surface area contributed by atoms with E-state index in [2.05, 4.69) is 15.2 Å². The Balaban J connectivity index is 1.96. The highest BCUT2D eigenvalue weighted by atomic mass is 35.5. The number of hydrogen-bond donors (Lipinski definition) is 2. The summed E-state index contributed by atoms with van der Waals surface area (Å²) in [4.78, 5) is 9.87. The van der Waals surface area contributed by atoms with E-state index in [0.717, 1.165) is 36.5 Å². The second kappa shape index (κ2) is 9.06. The van der Waals surface area contributed by atoms with Crippen LogP contribution in [0.5, 0.6) is 0 Å². The van der Waals surface area contributed by atoms with Gasteiger partial charge in [-0.3, -0.25) is 20.3 Å². The molecule has 0 bridgehead atoms. The van der Waals surface area contributed by atoms with E-state index in [4.69, 9.17) is 11.6 Å². The van der Waals surface area contributed by atoms with Gasteiger partial charge in [0, 0.05) is 23.8 Å². The lowest BCUT2D eigenvalue weighted by Gasteiger charge is -2.12. The molecule has 0 aliphatic heterocycles. The van der Waals surface area contributed by atoms with Gasteiger partial charge >= 0.3 is 0 Å². The van der Waals surface area contributed by atoms with Crippen molar-refractivity contribution in [2.24, 2.45) is 5.10 Å². The smallest absolute Gasteiger partial charge is 0.270 e. The van der Waals surface area contributed by atoms with Crippen LogP contribution in [0.15, 0.2) is 70.7 Å². The van der Waals surface area contributed by atoms with Crippen molar-refractivity contribution in [3.63, 3.8) is 0 Å². The summed E-state index contributed by atoms with van der Waals surface area (Å²) in [5, 5.41) is 15.0. The Kier molecular flexibility index (Phi) is 6.47. The Bertz CT molecular complexity index is 1290. The van der Waals surface area contributed by atoms with Crippen LogP contribution in [-0.4, -0.2) is 19.6 Å². The highest BCUT2D eigenvalue weighted by Gasteiger charge is 2.23. The first-order chi connectivity index (χ1) is 14.7. The van der Waals surface area contributed by atoms with Crippen LogP contribution >= 0.6 is 11.6 Å². The zero-order valence-corrected chi connectivity index (χ0v) is 17.0. The lowest BCUT2D eigenvalue weighted by molar-refractivity contribution is -0.385. The third-order valence-corrected chi connectivity index (χ3v) is 5.67. The average molecular weight is 467 g/mol. The standard InChI is InChI=1S/C19H13ClF2N4O4S/c20-15-3-1-2-4-17(15)25-31(29,30)19-10-14(26(27)28)7-8-18(19)24-23-11-12-5-6-13(21)9-16(12)22/h1-11,24-25H. The Morgan fingerprint density at radius 3 is 2.45 bits per heavy atom. The van der Waals surface area contributed by atoms with E-state index in [1.165, 1.54) is 12.1 Å². The van der Waals surface area contributed by atoms with Gasteiger partial charge in [-0.25, -0.2) is 17.2 Å². The minimum atomic E-state index is -4.33. The third kappa shape index (κ3) is 5.32. The van der Waals surface area contributed by atoms with Gasteiger partial charge in [-0.2, -0.15) is 5.10 Å². The quantitative estimate of drug-likeness (QED) is 0.295. The third-order valence-electron chi connectivity index (χ3n) is 3.93. The van der Waals surface area contributed by atoms with Crippen LogP contribution in [0.1, 0.15) is 5.56 Å². The molecule has 0 atom stereocenters. The molecule has 0 fully saturated rings. The number of sulfonamides is 1. The molecule has 0 amide bonds. The molecule has 0 saturated carbocycles. The monoisotopic (exact) mass is 466 g/mol. The van der Waals surface area contributed by atoms with E-state index >= 15 is 0 Å². The summed E-state index contributed by atoms with van der Waals surface area (Å²) >= 11 is 5.98. The number of nitrogens with zero attached hydrogens (tertiary/aromatic N) is 2. The maximum Gasteiger partial charge on any atom is 0.270 e. The lowest BCUT2D eigenvalue weighted by Crippen LogP contribution is -2.15. The maximum absolute atomic E-state index is 13.7. The Hall–Kier alpha value is -3.57. The number of non-ortho nitro benzene ring substituents is 1. The summed E-state index contributed by atoms with van der Waals surface area (Å²) < 4.78 is 54.7. The van der Waals surface area contributed by atoms with Gasteiger partial charge in [0.05, 0.1) is 27.5 Å². The fourth-order valence-electron chi connectivity index (χ4n) is 2.46. The molecule has 0 aliphatic carbocycles. The molecule has 0 aliphatic rings. The maximum atomic E-state index is 13.7. The number of benzene rings is 3. The molecule has 3 aromatic rings. The second-order valence-corrected chi connectivity index (χ2v) is 8.12. The molecule has 31 heavy (non-hydrogen) atoms. The van der Waals surface area contributed by atoms with Crippen molar-refractivity contribution >= 4 is 44.9 Å². The highest BCUT2D eigenvalue weighted by molar-refractivity contribution is 7.93. The largest absolute Gasteiger partial charge is 0.278 e. The summed E-state index contributed by atoms with van der Waals surface area (Å²) in [5.74, 6) is -1.64. The minimum absolute atomic E-state index is 0.0607. The Morgan fingerprint density at radius 1 is 1.03 bits per heavy atom. The van der Waals surface area contributed by atoms with Crippen LogP contribution in [0, 0.1) is 21.7 Å². The Labute approximate surface area is 180 Å². The number of hydrazone groups is 1. The number of nitro benzene ring substituents is 1. The summed E-state index contributed by atoms with van der Waals surface area (Å²) in [6.07, 6.45) is 1.01. The van der Waals surface area contributed by atoms with Crippen molar-refractivity contribution in [1.29, 1.82) is 0 Å². The molecular formula is C19H13ClF2N4O4S. The molecule has 2 N–H and O–H groups in total. The van der Waals surface area contributed by atoms with Crippen molar-refractivity contribution < 1.29 is 22.1 Å². The molecule has 160 valence electrons. The number of rotatable bonds is 7. The summed E-state index contributed by atoms with van der Waals surface area (Å²) in [6.45, 7) is 0. The summed E-state index contributed by atoms with van der Waals surface area (Å²) in [5.41, 5.74) is 1.82. The molecule has 3 rings (SSSR count). The number of nitrogens with one attached hydrogen (secondary N) is 2. The molecular weight excluding hydrogens is 454 g/mol. The van der Waals surface area contributed by atoms with E-state index in [-0.39, 0.29) is 22.0 Å². The average Bonchev–Trinajstić information content (AvgIpc) is 2.71. The van der Waals surface area contributed by atoms with Crippen LogP contribution in [0.4, 0.5) is 25.8 Å². The van der Waals surface area contributed by atoms with E-state index in [0.29, 0.717) is 6.07 Å². The topological polar surface area (TPSA) is 114 Å². The predicted molar refractivity (Wildman–Crippen MR) is 113 cm³/mol. The van der Waals surface area contributed by atoms with Gasteiger partial charge < -0.3 is 0 Å². The molecule has 8 nitrogen and oxygen atoms in total. The van der Waals surface area contributed by atoms with Crippen LogP contribution in [0.3, 0.4) is 0 Å². The fourth-order valence-corrected chi connectivity index (χ4v) is 3.96. The Morgan fingerprint density at radius 2 is 1.77 bits per heavy atom. The number of anilines is 2. The van der Waals surface area contributed by atoms with Gasteiger partial charge in [0.15, 0.2) is 0 Å². The normalized spacial score (nSPS) is 11.5. The fraction of sp³-hybridized carbons (Fsp3) is 0. The minimum Gasteiger partial charge on any atom is -0.278 e. The number of hydrogen-bond acceptors (Lipinski definition) is 6. The van der Waals surface area contributed by atoms with Gasteiger partial charge in [-0.15, -0.1) is 0 Å². The van der Waals surface area contributed by atoms with E-state index in [9.17, 15) is 27.3 Å². The number of halogens is 3. The summed E-state index contributed by atoms with van der Waals surface area (Å²) in [7, 11) is -4.33. The molecule has 0 aromatic heterocycles. The zero-order valence-electron chi connectivity index (χ0n) is 15.4. The van der Waals surface area contributed by atoms with Crippen molar-refractivity contribution in [3.8, 4) is 0 Å². The number of nitro groups is 1. The molecule has 0 heterocycles. The van der Waals surface area contributed by atoms with Crippen LogP contribution in [0.25, 0.3) is 0 Å². The van der Waals surface area contributed by atoms with Crippen molar-refractivity contribution in [1.82, 2.24) is 0 Å². The van der Waals surface area contributed by atoms with Gasteiger partial charge in [-0.1, -0.05) is 23.7 Å². The predicted octanol–water partition coefficient (Wildman–Crippen LogP) is 4.77. The molecule has 0 saturated heterocycles. The molecule has 12 heteroatoms. The highest BCUT2D eigenvalue weighted by Crippen LogP contribution is 2.30. The van der Waals surface area contributed by atoms with E-state index < -0.39 is 37.2 Å². The first kappa shape index (κ1) is 22.1. The lowest BCUT2D eigenvalue weighted by atomic mass is 10.2. The molecule has 3 aromatic carbocycles. The SMILES string of the molecule is O=[N+]([O-])c1ccc(NN=Cc2ccc(F)cc2F)c(S(=O)(=O)Nc2ccccc2Cl)c1. The van der Waals surface area contributed by atoms with Crippen LogP contribution < -0.4 is 10.1 Å². The first-order valence-corrected chi connectivity index (χ1v) is 10.3. The van der Waals surface area contributed by atoms with Gasteiger partial charge in [0.25, 0.3) is 15.7 Å². The molecule has 0 spiro atoms. The number of para-hydroxylation sites is 1. The molecule has 0 radical (unpaired) electrons. The molecule has 0 unspecified atom stereocenters. The zero-order chi connectivity index (χ0) is 22.6. The van der Waals surface area contributed by atoms with Crippen molar-refractivity contribution in [3.05, 3.63) is 93.0 Å². The summed E-state index contributed by atoms with van der Waals surface area (Å²) in [6, 6.07) is 11.9. The van der Waals surface area contributed by atoms with Crippen molar-refractivity contribution in [2.75, 3.05) is 10.1 Å². The van der Waals surface area contributed by atoms with Crippen LogP contribution in [0.2, 0.25) is 5.02 Å². The second-order valence-electron chi connectivity index (χ2n) is 6.06. The van der Waals surface area contributed by atoms with E-state index in [1.54, 1.807) is 12.1 Å². The first-order valence-electron chi connectivity index (χ1n) is 8.47. The van der Waals surface area contributed by atoms with Gasteiger partial charge in [0.2, 0.25) is 0 Å².